The van der Waals surface area contributed by atoms with E-state index in [1.807, 2.05) is 0 Å². The highest BCUT2D eigenvalue weighted by Crippen LogP contribution is 2.63. The lowest BCUT2D eigenvalue weighted by atomic mass is 9.78. The van der Waals surface area contributed by atoms with Crippen LogP contribution < -0.4 is 0 Å². The summed E-state index contributed by atoms with van der Waals surface area (Å²) in [4.78, 5) is 55.3. The zero-order chi connectivity index (χ0) is 28.4. The minimum absolute atomic E-state index is 0.0349. The molecule has 0 aromatic rings. The van der Waals surface area contributed by atoms with E-state index in [0.29, 0.717) is 13.1 Å². The molecule has 6 nitrogen and oxygen atoms in total. The van der Waals surface area contributed by atoms with E-state index in [-0.39, 0.29) is 81.8 Å². The molecule has 0 N–H and O–H groups in total. The van der Waals surface area contributed by atoms with Gasteiger partial charge in [-0.3, -0.25) is 29.0 Å². The summed E-state index contributed by atoms with van der Waals surface area (Å²) in [5.41, 5.74) is 0.0698. The number of nitrogens with zero attached hydrogens (tertiary/aromatic N) is 2. The van der Waals surface area contributed by atoms with Crippen LogP contribution in [0.15, 0.2) is 24.3 Å². The molecule has 0 spiro atoms. The van der Waals surface area contributed by atoms with Gasteiger partial charge in [-0.2, -0.15) is 0 Å². The van der Waals surface area contributed by atoms with Crippen molar-refractivity contribution in [2.75, 3.05) is 13.1 Å². The van der Waals surface area contributed by atoms with Gasteiger partial charge in [-0.1, -0.05) is 103 Å². The maximum atomic E-state index is 13.0. The lowest BCUT2D eigenvalue weighted by Gasteiger charge is -2.28. The van der Waals surface area contributed by atoms with Crippen molar-refractivity contribution < 1.29 is 19.2 Å². The molecule has 2 saturated heterocycles. The molecular formula is C34H48N2O4. The maximum absolute atomic E-state index is 13.0. The number of hydrogen-bond acceptors (Lipinski definition) is 4. The minimum atomic E-state index is -0.117. The average molecular weight is 549 g/mol. The molecule has 6 aliphatic rings. The lowest BCUT2D eigenvalue weighted by Crippen LogP contribution is -2.36. The number of amides is 4. The molecule has 4 fully saturated rings. The number of carbonyl (C=O) groups is 4. The standard InChI is InChI=1S/C34H48N2O4/c1-33(2)21-15-16-22(33)26-25(21)29(37)35(30(26)38)19-13-11-9-7-5-6-8-10-12-14-20-36-31(39)27-23-17-18-24(34(23,3)4)28(27)32(36)40/h15-18,21-28H,5-14,19-20H2,1-4H3. The van der Waals surface area contributed by atoms with Crippen molar-refractivity contribution in [3.63, 3.8) is 0 Å². The Morgan fingerprint density at radius 2 is 0.675 bits per heavy atom. The number of rotatable bonds is 13. The summed E-state index contributed by atoms with van der Waals surface area (Å²) in [5, 5.41) is 0. The quantitative estimate of drug-likeness (QED) is 0.166. The highest BCUT2D eigenvalue weighted by molar-refractivity contribution is 6.07. The molecule has 4 bridgehead atoms. The van der Waals surface area contributed by atoms with E-state index >= 15 is 0 Å². The van der Waals surface area contributed by atoms with Gasteiger partial charge in [-0.25, -0.2) is 0 Å². The number of allylic oxidation sites excluding steroid dienone is 4. The van der Waals surface area contributed by atoms with Crippen LogP contribution in [0.2, 0.25) is 0 Å². The smallest absolute Gasteiger partial charge is 0.233 e. The van der Waals surface area contributed by atoms with E-state index in [0.717, 1.165) is 38.5 Å². The SMILES string of the molecule is CC1(C)C2C=CC1C1C(=O)N(CCCCCCCCCCCCN3C(=O)C4C(C3=O)C3C=CC4C3(C)C)C(=O)C12. The normalized spacial score (nSPS) is 37.5. The van der Waals surface area contributed by atoms with Crippen molar-refractivity contribution in [2.45, 2.75) is 91.9 Å². The Hall–Kier alpha value is -2.24. The van der Waals surface area contributed by atoms with Gasteiger partial charge in [-0.05, 0) is 47.3 Å². The predicted octanol–water partition coefficient (Wildman–Crippen LogP) is 5.77. The van der Waals surface area contributed by atoms with Crippen LogP contribution in [0.25, 0.3) is 0 Å². The number of imide groups is 2. The van der Waals surface area contributed by atoms with E-state index < -0.39 is 0 Å². The topological polar surface area (TPSA) is 74.8 Å². The van der Waals surface area contributed by atoms with Gasteiger partial charge in [0.15, 0.2) is 0 Å². The number of likely N-dealkylation sites (tertiary alicyclic amines) is 2. The van der Waals surface area contributed by atoms with Crippen LogP contribution in [0.4, 0.5) is 0 Å². The van der Waals surface area contributed by atoms with Crippen molar-refractivity contribution in [2.24, 2.45) is 58.2 Å². The van der Waals surface area contributed by atoms with Gasteiger partial charge in [0.05, 0.1) is 23.7 Å². The summed E-state index contributed by atoms with van der Waals surface area (Å²) in [5.74, 6) is 0.710. The van der Waals surface area contributed by atoms with Crippen LogP contribution in [-0.2, 0) is 19.2 Å². The predicted molar refractivity (Wildman–Crippen MR) is 153 cm³/mol. The van der Waals surface area contributed by atoms with Gasteiger partial charge >= 0.3 is 0 Å². The first-order chi connectivity index (χ1) is 19.1. The number of fused-ring (bicyclic) bond motifs is 10. The van der Waals surface area contributed by atoms with E-state index in [4.69, 9.17) is 0 Å². The molecule has 0 aromatic heterocycles. The van der Waals surface area contributed by atoms with Crippen LogP contribution >= 0.6 is 0 Å². The summed E-state index contributed by atoms with van der Waals surface area (Å²) in [7, 11) is 0. The molecule has 8 unspecified atom stereocenters. The summed E-state index contributed by atoms with van der Waals surface area (Å²) in [6.45, 7) is 9.99. The third-order valence-electron chi connectivity index (χ3n) is 12.0. The summed E-state index contributed by atoms with van der Waals surface area (Å²) < 4.78 is 0. The Morgan fingerprint density at radius 3 is 0.925 bits per heavy atom. The van der Waals surface area contributed by atoms with Gasteiger partial charge in [-0.15, -0.1) is 0 Å². The second-order valence-electron chi connectivity index (χ2n) is 14.8. The Bertz CT molecular complexity index is 979. The molecule has 8 atom stereocenters. The maximum Gasteiger partial charge on any atom is 0.233 e. The van der Waals surface area contributed by atoms with Crippen LogP contribution in [0.5, 0.6) is 0 Å². The fourth-order valence-corrected chi connectivity index (χ4v) is 9.70. The zero-order valence-electron chi connectivity index (χ0n) is 24.9. The van der Waals surface area contributed by atoms with Crippen LogP contribution in [0.1, 0.15) is 91.9 Å². The summed E-state index contributed by atoms with van der Waals surface area (Å²) >= 11 is 0. The van der Waals surface area contributed by atoms with E-state index in [1.165, 1.54) is 25.7 Å². The average Bonchev–Trinajstić information content (AvgIpc) is 3.66. The first-order valence-electron chi connectivity index (χ1n) is 16.2. The molecule has 4 aliphatic carbocycles. The lowest BCUT2D eigenvalue weighted by molar-refractivity contribution is -0.143. The molecule has 6 heteroatoms. The second kappa shape index (κ2) is 10.2. The highest BCUT2D eigenvalue weighted by Gasteiger charge is 2.67. The van der Waals surface area contributed by atoms with Crippen molar-refractivity contribution in [3.05, 3.63) is 24.3 Å². The van der Waals surface area contributed by atoms with E-state index in [2.05, 4.69) is 52.0 Å². The number of unbranched alkanes of at least 4 members (excludes halogenated alkanes) is 9. The van der Waals surface area contributed by atoms with Gasteiger partial charge in [0.2, 0.25) is 23.6 Å². The third kappa shape index (κ3) is 4.09. The van der Waals surface area contributed by atoms with Gasteiger partial charge in [0, 0.05) is 13.1 Å². The zero-order valence-corrected chi connectivity index (χ0v) is 24.9. The van der Waals surface area contributed by atoms with Crippen LogP contribution in [0.3, 0.4) is 0 Å². The second-order valence-corrected chi connectivity index (χ2v) is 14.8. The molecule has 4 amide bonds. The Morgan fingerprint density at radius 1 is 0.450 bits per heavy atom. The van der Waals surface area contributed by atoms with Crippen molar-refractivity contribution in [3.8, 4) is 0 Å². The highest BCUT2D eigenvalue weighted by atomic mass is 16.2. The van der Waals surface area contributed by atoms with Gasteiger partial charge in [0.25, 0.3) is 0 Å². The summed E-state index contributed by atoms with van der Waals surface area (Å²) in [6.07, 6.45) is 19.8. The molecule has 6 rings (SSSR count). The monoisotopic (exact) mass is 548 g/mol. The molecule has 40 heavy (non-hydrogen) atoms. The number of carbonyl (C=O) groups excluding carboxylic acids is 4. The Labute approximate surface area is 240 Å². The van der Waals surface area contributed by atoms with Crippen LogP contribution in [-0.4, -0.2) is 46.5 Å². The molecular weight excluding hydrogens is 500 g/mol. The minimum Gasteiger partial charge on any atom is -0.282 e. The summed E-state index contributed by atoms with van der Waals surface area (Å²) in [6, 6.07) is 0. The largest absolute Gasteiger partial charge is 0.282 e. The number of hydrogen-bond donors (Lipinski definition) is 0. The van der Waals surface area contributed by atoms with Crippen molar-refractivity contribution in [1.82, 2.24) is 9.80 Å². The molecule has 0 aromatic carbocycles. The fourth-order valence-electron chi connectivity index (χ4n) is 9.70. The molecule has 218 valence electrons. The van der Waals surface area contributed by atoms with Gasteiger partial charge < -0.3 is 0 Å². The molecule has 2 saturated carbocycles. The van der Waals surface area contributed by atoms with Crippen LogP contribution in [0, 0.1) is 58.2 Å². The third-order valence-corrected chi connectivity index (χ3v) is 12.0. The van der Waals surface area contributed by atoms with Crippen molar-refractivity contribution in [1.29, 1.82) is 0 Å². The molecule has 2 heterocycles. The van der Waals surface area contributed by atoms with E-state index in [1.54, 1.807) is 9.80 Å². The van der Waals surface area contributed by atoms with Gasteiger partial charge in [0.1, 0.15) is 0 Å². The van der Waals surface area contributed by atoms with Crippen molar-refractivity contribution >= 4 is 23.6 Å². The fraction of sp³-hybridized carbons (Fsp3) is 0.765. The van der Waals surface area contributed by atoms with E-state index in [9.17, 15) is 19.2 Å². The first kappa shape index (κ1) is 27.9. The first-order valence-corrected chi connectivity index (χ1v) is 16.2. The molecule has 2 aliphatic heterocycles. The Kier molecular flexibility index (Phi) is 7.14. The molecule has 0 radical (unpaired) electrons. The Balaban J connectivity index is 0.801.